The van der Waals surface area contributed by atoms with E-state index in [1.807, 2.05) is 30.3 Å². The number of anilines is 2. The van der Waals surface area contributed by atoms with E-state index < -0.39 is 27.4 Å². The molecule has 0 spiro atoms. The maximum absolute atomic E-state index is 14.9. The maximum Gasteiger partial charge on any atom is 0.418 e. The van der Waals surface area contributed by atoms with Crippen molar-refractivity contribution in [2.45, 2.75) is 13.5 Å². The molecule has 1 heterocycles. The summed E-state index contributed by atoms with van der Waals surface area (Å²) >= 11 is 0. The number of aromatic nitrogens is 2. The van der Waals surface area contributed by atoms with E-state index in [1.165, 1.54) is 29.8 Å². The Labute approximate surface area is 225 Å². The van der Waals surface area contributed by atoms with Crippen molar-refractivity contribution in [2.24, 2.45) is 0 Å². The van der Waals surface area contributed by atoms with E-state index in [0.29, 0.717) is 11.3 Å². The highest BCUT2D eigenvalue weighted by atomic mass is 32.2. The van der Waals surface area contributed by atoms with Gasteiger partial charge in [0.25, 0.3) is 0 Å². The van der Waals surface area contributed by atoms with Crippen molar-refractivity contribution < 1.29 is 27.3 Å². The molecule has 2 N–H and O–H groups in total. The summed E-state index contributed by atoms with van der Waals surface area (Å²) < 4.78 is 54.6. The lowest BCUT2D eigenvalue weighted by Crippen LogP contribution is -2.31. The number of carbonyl (C=O) groups is 1. The zero-order valence-corrected chi connectivity index (χ0v) is 22.0. The van der Waals surface area contributed by atoms with Gasteiger partial charge in [0.05, 0.1) is 22.5 Å². The summed E-state index contributed by atoms with van der Waals surface area (Å²) in [6, 6.07) is 19.9. The first-order valence-electron chi connectivity index (χ1n) is 11.9. The van der Waals surface area contributed by atoms with Gasteiger partial charge in [-0.1, -0.05) is 42.5 Å². The second-order valence-electron chi connectivity index (χ2n) is 8.40. The van der Waals surface area contributed by atoms with Gasteiger partial charge in [0.2, 0.25) is 5.95 Å². The van der Waals surface area contributed by atoms with Crippen LogP contribution in [-0.2, 0) is 21.1 Å². The third-order valence-electron chi connectivity index (χ3n) is 5.25. The third-order valence-corrected chi connectivity index (χ3v) is 6.54. The van der Waals surface area contributed by atoms with E-state index in [4.69, 9.17) is 9.47 Å². The summed E-state index contributed by atoms with van der Waals surface area (Å²) in [5.74, 6) is -1.04. The average molecular weight is 553 g/mol. The van der Waals surface area contributed by atoms with Gasteiger partial charge in [0.15, 0.2) is 5.82 Å². The van der Waals surface area contributed by atoms with Gasteiger partial charge in [-0.15, -0.1) is 0 Å². The number of amides is 1. The number of hydrogen-bond donors (Lipinski definition) is 2. The molecule has 3 aromatic carbocycles. The summed E-state index contributed by atoms with van der Waals surface area (Å²) in [4.78, 5) is 20.0. The van der Waals surface area contributed by atoms with E-state index in [2.05, 4.69) is 20.0 Å². The Hall–Kier alpha value is -4.51. The summed E-state index contributed by atoms with van der Waals surface area (Å²) in [7, 11) is -2.88. The number of nitrogens with zero attached hydrogens (tertiary/aromatic N) is 2. The van der Waals surface area contributed by atoms with Crippen molar-refractivity contribution in [2.75, 3.05) is 18.2 Å². The molecule has 0 aliphatic rings. The molecule has 0 aliphatic heterocycles. The Bertz CT molecular complexity index is 1590. The highest BCUT2D eigenvalue weighted by Crippen LogP contribution is 2.32. The van der Waals surface area contributed by atoms with Gasteiger partial charge in [-0.3, -0.25) is 0 Å². The Balaban J connectivity index is 1.58. The van der Waals surface area contributed by atoms with E-state index >= 15 is 0 Å². The van der Waals surface area contributed by atoms with Crippen LogP contribution in [0, 0.1) is 11.6 Å². The molecule has 0 aliphatic carbocycles. The molecule has 0 fully saturated rings. The number of benzene rings is 3. The molecular formula is C28H26F2N4O4S. The number of halogens is 2. The van der Waals surface area contributed by atoms with E-state index in [0.717, 1.165) is 11.8 Å². The monoisotopic (exact) mass is 552 g/mol. The number of nitrogens with one attached hydrogen (secondary N) is 2. The van der Waals surface area contributed by atoms with Crippen LogP contribution in [0.1, 0.15) is 18.1 Å². The fourth-order valence-corrected chi connectivity index (χ4v) is 4.71. The van der Waals surface area contributed by atoms with Crippen LogP contribution in [0.25, 0.3) is 11.3 Å². The normalized spacial score (nSPS) is 12.2. The van der Waals surface area contributed by atoms with Crippen LogP contribution in [-0.4, -0.2) is 38.5 Å². The van der Waals surface area contributed by atoms with Crippen LogP contribution in [0.4, 0.5) is 25.2 Å². The van der Waals surface area contributed by atoms with Crippen LogP contribution >= 0.6 is 0 Å². The van der Waals surface area contributed by atoms with Crippen molar-refractivity contribution in [3.63, 3.8) is 0 Å². The van der Waals surface area contributed by atoms with E-state index in [-0.39, 0.29) is 36.2 Å². The second kappa shape index (κ2) is 12.4. The SMILES string of the molecule is CCOC(=O)NS(C)(=O)=Cc1cccc(Nc2ncc(F)c(-c3ccc(F)cc3OCc3ccccc3)n2)c1. The van der Waals surface area contributed by atoms with Gasteiger partial charge in [0, 0.05) is 28.9 Å². The first-order chi connectivity index (χ1) is 18.7. The highest BCUT2D eigenvalue weighted by Gasteiger charge is 2.16. The van der Waals surface area contributed by atoms with Crippen LogP contribution in [0.2, 0.25) is 0 Å². The molecular weight excluding hydrogens is 526 g/mol. The molecule has 202 valence electrons. The first kappa shape index (κ1) is 27.5. The maximum atomic E-state index is 14.9. The molecule has 1 unspecified atom stereocenters. The highest BCUT2D eigenvalue weighted by molar-refractivity contribution is 7.99. The van der Waals surface area contributed by atoms with E-state index in [1.54, 1.807) is 31.2 Å². The zero-order valence-electron chi connectivity index (χ0n) is 21.2. The van der Waals surface area contributed by atoms with Crippen LogP contribution < -0.4 is 14.8 Å². The summed E-state index contributed by atoms with van der Waals surface area (Å²) in [6.45, 7) is 1.95. The Kier molecular flexibility index (Phi) is 8.72. The number of rotatable bonds is 9. The minimum atomic E-state index is -2.88. The molecule has 11 heteroatoms. The molecule has 0 saturated heterocycles. The summed E-state index contributed by atoms with van der Waals surface area (Å²) in [5, 5.41) is 4.39. The quantitative estimate of drug-likeness (QED) is 0.266. The molecule has 1 amide bonds. The standard InChI is InChI=1S/C28H26F2N4O4S/c1-3-37-28(35)34-39(2,36)18-20-10-7-11-22(14-20)32-27-31-16-24(30)26(33-27)23-13-12-21(29)15-25(23)38-17-19-8-5-4-6-9-19/h4-16,18H,3,17H2,1-2H3,(H,31,32,33)(H,34,35,36). The largest absolute Gasteiger partial charge is 0.488 e. The second-order valence-corrected chi connectivity index (χ2v) is 10.6. The summed E-state index contributed by atoms with van der Waals surface area (Å²) in [6.07, 6.45) is 1.60. The van der Waals surface area contributed by atoms with Crippen LogP contribution in [0.3, 0.4) is 0 Å². The average Bonchev–Trinajstić information content (AvgIpc) is 2.89. The molecule has 4 aromatic rings. The topological polar surface area (TPSA) is 102 Å². The van der Waals surface area contributed by atoms with Gasteiger partial charge in [-0.2, -0.15) is 0 Å². The molecule has 0 saturated carbocycles. The predicted molar refractivity (Wildman–Crippen MR) is 147 cm³/mol. The Morgan fingerprint density at radius 2 is 1.85 bits per heavy atom. The molecule has 0 bridgehead atoms. The smallest absolute Gasteiger partial charge is 0.418 e. The molecule has 1 atom stereocenters. The van der Waals surface area contributed by atoms with Crippen molar-refractivity contribution in [1.29, 1.82) is 0 Å². The third kappa shape index (κ3) is 7.74. The number of carbonyl (C=O) groups excluding carboxylic acids is 1. The van der Waals surface area contributed by atoms with Gasteiger partial charge in [-0.05, 0) is 42.3 Å². The zero-order chi connectivity index (χ0) is 27.8. The van der Waals surface area contributed by atoms with Crippen molar-refractivity contribution in [3.05, 3.63) is 102 Å². The molecule has 8 nitrogen and oxygen atoms in total. The lowest BCUT2D eigenvalue weighted by atomic mass is 10.1. The summed E-state index contributed by atoms with van der Waals surface area (Å²) in [5.41, 5.74) is 2.11. The fraction of sp³-hybridized carbons (Fsp3) is 0.143. The van der Waals surface area contributed by atoms with Crippen molar-refractivity contribution in [1.82, 2.24) is 14.7 Å². The molecule has 4 rings (SSSR count). The van der Waals surface area contributed by atoms with Gasteiger partial charge in [0.1, 0.15) is 23.9 Å². The van der Waals surface area contributed by atoms with Crippen LogP contribution in [0.15, 0.2) is 79.0 Å². The molecule has 39 heavy (non-hydrogen) atoms. The van der Waals surface area contributed by atoms with Gasteiger partial charge >= 0.3 is 6.09 Å². The Morgan fingerprint density at radius 1 is 1.05 bits per heavy atom. The molecule has 0 radical (unpaired) electrons. The lowest BCUT2D eigenvalue weighted by Gasteiger charge is -2.13. The van der Waals surface area contributed by atoms with Gasteiger partial charge < -0.3 is 14.8 Å². The predicted octanol–water partition coefficient (Wildman–Crippen LogP) is 5.47. The van der Waals surface area contributed by atoms with Crippen molar-refractivity contribution in [3.8, 4) is 17.0 Å². The lowest BCUT2D eigenvalue weighted by molar-refractivity contribution is 0.159. The first-order valence-corrected chi connectivity index (χ1v) is 13.9. The van der Waals surface area contributed by atoms with Crippen LogP contribution in [0.5, 0.6) is 5.75 Å². The molecule has 1 aromatic heterocycles. The Morgan fingerprint density at radius 3 is 2.62 bits per heavy atom. The fourth-order valence-electron chi connectivity index (χ4n) is 3.60. The van der Waals surface area contributed by atoms with E-state index in [9.17, 15) is 17.8 Å². The number of ether oxygens (including phenoxy) is 2. The number of hydrogen-bond acceptors (Lipinski definition) is 7. The van der Waals surface area contributed by atoms with Gasteiger partial charge in [-0.25, -0.2) is 32.5 Å². The van der Waals surface area contributed by atoms with Crippen molar-refractivity contribution >= 4 is 32.8 Å². The minimum Gasteiger partial charge on any atom is -0.488 e. The minimum absolute atomic E-state index is 0.0729.